The number of ketones is 1. The molecule has 1 saturated heterocycles. The van der Waals surface area contributed by atoms with Crippen LogP contribution in [0.5, 0.6) is 0 Å². The van der Waals surface area contributed by atoms with Crippen molar-refractivity contribution < 1.29 is 4.79 Å². The Morgan fingerprint density at radius 3 is 2.00 bits per heavy atom. The summed E-state index contributed by atoms with van der Waals surface area (Å²) in [5, 5.41) is 0. The van der Waals surface area contributed by atoms with Gasteiger partial charge in [0.1, 0.15) is 0 Å². The molecule has 3 heteroatoms. The van der Waals surface area contributed by atoms with Crippen LogP contribution in [0.4, 0.5) is 0 Å². The quantitative estimate of drug-likeness (QED) is 0.793. The number of carbonyl (C=O) groups excluding carboxylic acids is 1. The first kappa shape index (κ1) is 15.9. The standard InChI is InChI=1S/C20H24N2O/c1-2-21-12-14-22(15-13-21)16-20(23)19-10-8-18(9-11-19)17-6-4-3-5-7-17/h3-11H,2,12-16H2,1H3. The number of rotatable bonds is 5. The number of Topliss-reactive ketones (excluding diaryl/α,β-unsaturated/α-hetero) is 1. The average Bonchev–Trinajstić information content (AvgIpc) is 2.63. The summed E-state index contributed by atoms with van der Waals surface area (Å²) < 4.78 is 0. The molecule has 1 aliphatic heterocycles. The predicted molar refractivity (Wildman–Crippen MR) is 94.8 cm³/mol. The topological polar surface area (TPSA) is 23.6 Å². The molecule has 0 unspecified atom stereocenters. The summed E-state index contributed by atoms with van der Waals surface area (Å²) in [4.78, 5) is 17.1. The summed E-state index contributed by atoms with van der Waals surface area (Å²) in [6.07, 6.45) is 0. The van der Waals surface area contributed by atoms with Crippen LogP contribution in [0.25, 0.3) is 11.1 Å². The molecule has 0 bridgehead atoms. The predicted octanol–water partition coefficient (Wildman–Crippen LogP) is 3.17. The summed E-state index contributed by atoms with van der Waals surface area (Å²) >= 11 is 0. The zero-order chi connectivity index (χ0) is 16.1. The Morgan fingerprint density at radius 1 is 0.826 bits per heavy atom. The molecule has 120 valence electrons. The number of carbonyl (C=O) groups is 1. The highest BCUT2D eigenvalue weighted by molar-refractivity contribution is 5.98. The van der Waals surface area contributed by atoms with Gasteiger partial charge in [-0.15, -0.1) is 0 Å². The monoisotopic (exact) mass is 308 g/mol. The summed E-state index contributed by atoms with van der Waals surface area (Å²) in [6.45, 7) is 7.93. The van der Waals surface area contributed by atoms with Gasteiger partial charge in [-0.05, 0) is 17.7 Å². The lowest BCUT2D eigenvalue weighted by atomic mass is 10.0. The number of benzene rings is 2. The smallest absolute Gasteiger partial charge is 0.176 e. The summed E-state index contributed by atoms with van der Waals surface area (Å²) in [6, 6.07) is 18.2. The van der Waals surface area contributed by atoms with Crippen molar-refractivity contribution in [3.8, 4) is 11.1 Å². The minimum absolute atomic E-state index is 0.217. The molecule has 1 heterocycles. The lowest BCUT2D eigenvalue weighted by Crippen LogP contribution is -2.47. The first-order valence-electron chi connectivity index (χ1n) is 8.39. The van der Waals surface area contributed by atoms with Crippen molar-refractivity contribution in [1.29, 1.82) is 0 Å². The lowest BCUT2D eigenvalue weighted by Gasteiger charge is -2.33. The second-order valence-corrected chi connectivity index (χ2v) is 6.08. The van der Waals surface area contributed by atoms with Crippen molar-refractivity contribution in [1.82, 2.24) is 9.80 Å². The molecule has 3 nitrogen and oxygen atoms in total. The number of hydrogen-bond donors (Lipinski definition) is 0. The van der Waals surface area contributed by atoms with Gasteiger partial charge in [0, 0.05) is 31.7 Å². The summed E-state index contributed by atoms with van der Waals surface area (Å²) in [5.41, 5.74) is 3.14. The Balaban J connectivity index is 1.60. The third kappa shape index (κ3) is 4.06. The summed E-state index contributed by atoms with van der Waals surface area (Å²) in [7, 11) is 0. The maximum absolute atomic E-state index is 12.5. The van der Waals surface area contributed by atoms with E-state index >= 15 is 0 Å². The Labute approximate surface area is 138 Å². The van der Waals surface area contributed by atoms with Gasteiger partial charge in [0.25, 0.3) is 0 Å². The molecule has 1 fully saturated rings. The van der Waals surface area contributed by atoms with Gasteiger partial charge in [-0.3, -0.25) is 9.69 Å². The number of likely N-dealkylation sites (N-methyl/N-ethyl adjacent to an activating group) is 1. The van der Waals surface area contributed by atoms with Gasteiger partial charge < -0.3 is 4.90 Å². The second-order valence-electron chi connectivity index (χ2n) is 6.08. The Hall–Kier alpha value is -1.97. The highest BCUT2D eigenvalue weighted by Gasteiger charge is 2.18. The van der Waals surface area contributed by atoms with Crippen LogP contribution >= 0.6 is 0 Å². The van der Waals surface area contributed by atoms with Crippen LogP contribution in [-0.2, 0) is 0 Å². The molecular weight excluding hydrogens is 284 g/mol. The fraction of sp³-hybridized carbons (Fsp3) is 0.350. The van der Waals surface area contributed by atoms with E-state index in [9.17, 15) is 4.79 Å². The van der Waals surface area contributed by atoms with Crippen LogP contribution in [0, 0.1) is 0 Å². The van der Waals surface area contributed by atoms with Crippen LogP contribution < -0.4 is 0 Å². The van der Waals surface area contributed by atoms with E-state index in [1.807, 2.05) is 42.5 Å². The molecule has 0 amide bonds. The van der Waals surface area contributed by atoms with Crippen molar-refractivity contribution >= 4 is 5.78 Å². The van der Waals surface area contributed by atoms with E-state index in [1.54, 1.807) is 0 Å². The van der Waals surface area contributed by atoms with Crippen LogP contribution in [0.3, 0.4) is 0 Å². The van der Waals surface area contributed by atoms with E-state index in [0.29, 0.717) is 6.54 Å². The number of hydrogen-bond acceptors (Lipinski definition) is 3. The van der Waals surface area contributed by atoms with Crippen LogP contribution in [0.15, 0.2) is 54.6 Å². The largest absolute Gasteiger partial charge is 0.301 e. The van der Waals surface area contributed by atoms with Crippen LogP contribution in [-0.4, -0.2) is 54.9 Å². The van der Waals surface area contributed by atoms with E-state index in [1.165, 1.54) is 5.56 Å². The molecule has 2 aromatic rings. The van der Waals surface area contributed by atoms with Gasteiger partial charge in [-0.1, -0.05) is 61.5 Å². The van der Waals surface area contributed by atoms with Crippen molar-refractivity contribution in [3.05, 3.63) is 60.2 Å². The zero-order valence-corrected chi connectivity index (χ0v) is 13.7. The third-order valence-electron chi connectivity index (χ3n) is 4.59. The van der Waals surface area contributed by atoms with Gasteiger partial charge in [0.15, 0.2) is 5.78 Å². The average molecular weight is 308 g/mol. The fourth-order valence-corrected chi connectivity index (χ4v) is 3.04. The molecule has 0 aromatic heterocycles. The molecule has 0 spiro atoms. The molecular formula is C20H24N2O. The molecule has 3 rings (SSSR count). The second kappa shape index (κ2) is 7.53. The van der Waals surface area contributed by atoms with Crippen LogP contribution in [0.2, 0.25) is 0 Å². The lowest BCUT2D eigenvalue weighted by molar-refractivity contribution is 0.0859. The zero-order valence-electron chi connectivity index (χ0n) is 13.7. The first-order valence-corrected chi connectivity index (χ1v) is 8.39. The Kier molecular flexibility index (Phi) is 5.21. The van der Waals surface area contributed by atoms with Gasteiger partial charge in [0.05, 0.1) is 6.54 Å². The SMILES string of the molecule is CCN1CCN(CC(=O)c2ccc(-c3ccccc3)cc2)CC1. The van der Waals surface area contributed by atoms with Crippen molar-refractivity contribution in [2.24, 2.45) is 0 Å². The molecule has 0 atom stereocenters. The molecule has 1 aliphatic rings. The normalized spacial score (nSPS) is 16.4. The number of piperazine rings is 1. The maximum Gasteiger partial charge on any atom is 0.176 e. The van der Waals surface area contributed by atoms with E-state index in [2.05, 4.69) is 28.9 Å². The van der Waals surface area contributed by atoms with Gasteiger partial charge in [0.2, 0.25) is 0 Å². The van der Waals surface area contributed by atoms with E-state index in [-0.39, 0.29) is 5.78 Å². The molecule has 2 aromatic carbocycles. The Bertz CT molecular complexity index is 628. The first-order chi connectivity index (χ1) is 11.3. The molecule has 0 radical (unpaired) electrons. The fourth-order valence-electron chi connectivity index (χ4n) is 3.04. The highest BCUT2D eigenvalue weighted by atomic mass is 16.1. The van der Waals surface area contributed by atoms with Gasteiger partial charge in [-0.2, -0.15) is 0 Å². The van der Waals surface area contributed by atoms with Crippen molar-refractivity contribution in [3.63, 3.8) is 0 Å². The molecule has 0 N–H and O–H groups in total. The van der Waals surface area contributed by atoms with Crippen molar-refractivity contribution in [2.45, 2.75) is 6.92 Å². The highest BCUT2D eigenvalue weighted by Crippen LogP contribution is 2.19. The third-order valence-corrected chi connectivity index (χ3v) is 4.59. The van der Waals surface area contributed by atoms with Crippen molar-refractivity contribution in [2.75, 3.05) is 39.3 Å². The summed E-state index contributed by atoms with van der Waals surface area (Å²) in [5.74, 6) is 0.217. The van der Waals surface area contributed by atoms with Gasteiger partial charge in [-0.25, -0.2) is 0 Å². The minimum Gasteiger partial charge on any atom is -0.301 e. The van der Waals surface area contributed by atoms with Crippen LogP contribution in [0.1, 0.15) is 17.3 Å². The number of nitrogens with zero attached hydrogens (tertiary/aromatic N) is 2. The van der Waals surface area contributed by atoms with E-state index in [4.69, 9.17) is 0 Å². The molecule has 0 aliphatic carbocycles. The molecule has 0 saturated carbocycles. The van der Waals surface area contributed by atoms with E-state index in [0.717, 1.165) is 43.9 Å². The maximum atomic E-state index is 12.5. The Morgan fingerprint density at radius 2 is 1.39 bits per heavy atom. The minimum atomic E-state index is 0.217. The van der Waals surface area contributed by atoms with Gasteiger partial charge >= 0.3 is 0 Å². The van der Waals surface area contributed by atoms with E-state index < -0.39 is 0 Å². The molecule has 23 heavy (non-hydrogen) atoms.